The maximum atomic E-state index is 13.1. The van der Waals surface area contributed by atoms with Gasteiger partial charge in [0.25, 0.3) is 0 Å². The SMILES string of the molecule is Fc1ccc(C/C(=N/Nc2cnccn2)c2ccncc2Br)cc1. The number of nitrogens with zero attached hydrogens (tertiary/aromatic N) is 4. The van der Waals surface area contributed by atoms with Crippen molar-refractivity contribution in [2.24, 2.45) is 5.10 Å². The Morgan fingerprint density at radius 2 is 1.83 bits per heavy atom. The lowest BCUT2D eigenvalue weighted by Gasteiger charge is -2.09. The van der Waals surface area contributed by atoms with Gasteiger partial charge in [-0.05, 0) is 39.7 Å². The Bertz CT molecular complexity index is 837. The van der Waals surface area contributed by atoms with Crippen LogP contribution in [0.1, 0.15) is 11.1 Å². The van der Waals surface area contributed by atoms with E-state index in [2.05, 4.69) is 41.4 Å². The van der Waals surface area contributed by atoms with Crippen molar-refractivity contribution < 1.29 is 4.39 Å². The van der Waals surface area contributed by atoms with Crippen LogP contribution in [0.4, 0.5) is 10.2 Å². The number of benzene rings is 1. The first-order chi connectivity index (χ1) is 11.7. The number of anilines is 1. The smallest absolute Gasteiger partial charge is 0.164 e. The fraction of sp³-hybridized carbons (Fsp3) is 0.0588. The van der Waals surface area contributed by atoms with Gasteiger partial charge in [-0.15, -0.1) is 0 Å². The minimum absolute atomic E-state index is 0.264. The van der Waals surface area contributed by atoms with Gasteiger partial charge in [0.15, 0.2) is 5.82 Å². The molecule has 0 atom stereocenters. The van der Waals surface area contributed by atoms with Crippen LogP contribution in [0.25, 0.3) is 0 Å². The van der Waals surface area contributed by atoms with Gasteiger partial charge < -0.3 is 0 Å². The van der Waals surface area contributed by atoms with Crippen LogP contribution in [-0.4, -0.2) is 20.7 Å². The van der Waals surface area contributed by atoms with Gasteiger partial charge in [0.2, 0.25) is 0 Å². The molecule has 0 spiro atoms. The van der Waals surface area contributed by atoms with E-state index in [4.69, 9.17) is 0 Å². The molecule has 120 valence electrons. The molecule has 3 aromatic rings. The summed E-state index contributed by atoms with van der Waals surface area (Å²) in [6.45, 7) is 0. The number of rotatable bonds is 5. The minimum Gasteiger partial charge on any atom is -0.264 e. The van der Waals surface area contributed by atoms with Crippen molar-refractivity contribution in [2.75, 3.05) is 5.43 Å². The molecule has 2 aromatic heterocycles. The van der Waals surface area contributed by atoms with Crippen molar-refractivity contribution in [3.8, 4) is 0 Å². The van der Waals surface area contributed by atoms with E-state index in [1.165, 1.54) is 12.1 Å². The lowest BCUT2D eigenvalue weighted by atomic mass is 10.0. The molecule has 0 radical (unpaired) electrons. The van der Waals surface area contributed by atoms with Crippen LogP contribution in [0.5, 0.6) is 0 Å². The van der Waals surface area contributed by atoms with Gasteiger partial charge in [0.05, 0.1) is 11.9 Å². The van der Waals surface area contributed by atoms with E-state index >= 15 is 0 Å². The average Bonchev–Trinajstić information content (AvgIpc) is 2.62. The molecule has 0 unspecified atom stereocenters. The van der Waals surface area contributed by atoms with Crippen molar-refractivity contribution in [2.45, 2.75) is 6.42 Å². The molecule has 1 N–H and O–H groups in total. The largest absolute Gasteiger partial charge is 0.264 e. The second kappa shape index (κ2) is 7.74. The molecule has 0 aliphatic rings. The monoisotopic (exact) mass is 385 g/mol. The number of hydrogen-bond donors (Lipinski definition) is 1. The maximum absolute atomic E-state index is 13.1. The number of hydrogen-bond acceptors (Lipinski definition) is 5. The summed E-state index contributed by atoms with van der Waals surface area (Å²) >= 11 is 3.49. The lowest BCUT2D eigenvalue weighted by molar-refractivity contribution is 0.627. The van der Waals surface area contributed by atoms with Crippen LogP contribution < -0.4 is 5.43 Å². The third-order valence-electron chi connectivity index (χ3n) is 3.24. The summed E-state index contributed by atoms with van der Waals surface area (Å²) in [5.41, 5.74) is 5.50. The van der Waals surface area contributed by atoms with Crippen molar-refractivity contribution in [3.05, 3.63) is 82.7 Å². The van der Waals surface area contributed by atoms with Gasteiger partial charge >= 0.3 is 0 Å². The van der Waals surface area contributed by atoms with Crippen LogP contribution in [0.2, 0.25) is 0 Å². The first-order valence-corrected chi connectivity index (χ1v) is 7.94. The van der Waals surface area contributed by atoms with E-state index in [0.717, 1.165) is 21.3 Å². The molecule has 5 nitrogen and oxygen atoms in total. The number of pyridine rings is 1. The van der Waals surface area contributed by atoms with Crippen LogP contribution in [0, 0.1) is 5.82 Å². The predicted octanol–water partition coefficient (Wildman–Crippen LogP) is 3.83. The van der Waals surface area contributed by atoms with E-state index in [-0.39, 0.29) is 5.82 Å². The molecule has 0 bridgehead atoms. The number of aromatic nitrogens is 3. The Kier molecular flexibility index (Phi) is 5.22. The van der Waals surface area contributed by atoms with Crippen LogP contribution >= 0.6 is 15.9 Å². The van der Waals surface area contributed by atoms with Gasteiger partial charge in [-0.1, -0.05) is 12.1 Å². The minimum atomic E-state index is -0.264. The van der Waals surface area contributed by atoms with Crippen LogP contribution in [-0.2, 0) is 6.42 Å². The highest BCUT2D eigenvalue weighted by Gasteiger charge is 2.10. The van der Waals surface area contributed by atoms with Crippen molar-refractivity contribution in [1.82, 2.24) is 15.0 Å². The molecule has 0 aliphatic heterocycles. The summed E-state index contributed by atoms with van der Waals surface area (Å²) in [5, 5.41) is 4.46. The molecule has 7 heteroatoms. The molecule has 0 saturated carbocycles. The van der Waals surface area contributed by atoms with Crippen molar-refractivity contribution in [1.29, 1.82) is 0 Å². The van der Waals surface area contributed by atoms with Gasteiger partial charge in [-0.25, -0.2) is 9.37 Å². The predicted molar refractivity (Wildman–Crippen MR) is 94.2 cm³/mol. The third-order valence-corrected chi connectivity index (χ3v) is 3.87. The van der Waals surface area contributed by atoms with E-state index in [1.807, 2.05) is 6.07 Å². The van der Waals surface area contributed by atoms with Crippen LogP contribution in [0.15, 0.2) is 70.9 Å². The quantitative estimate of drug-likeness (QED) is 0.535. The average molecular weight is 386 g/mol. The van der Waals surface area contributed by atoms with E-state index in [0.29, 0.717) is 12.2 Å². The Balaban J connectivity index is 1.91. The van der Waals surface area contributed by atoms with Gasteiger partial charge in [0.1, 0.15) is 5.82 Å². The standard InChI is InChI=1S/C17H13BrFN5/c18-15-10-20-6-5-14(15)16(9-12-1-3-13(19)4-2-12)23-24-17-11-21-7-8-22-17/h1-8,10-11H,9H2,(H,22,24)/b23-16-. The highest BCUT2D eigenvalue weighted by atomic mass is 79.9. The topological polar surface area (TPSA) is 63.1 Å². The number of nitrogens with one attached hydrogen (secondary N) is 1. The summed E-state index contributed by atoms with van der Waals surface area (Å²) in [6, 6.07) is 8.21. The molecule has 3 rings (SSSR count). The van der Waals surface area contributed by atoms with Gasteiger partial charge in [-0.3, -0.25) is 15.4 Å². The van der Waals surface area contributed by atoms with E-state index < -0.39 is 0 Å². The highest BCUT2D eigenvalue weighted by molar-refractivity contribution is 9.10. The zero-order valence-electron chi connectivity index (χ0n) is 12.5. The van der Waals surface area contributed by atoms with Gasteiger partial charge in [0, 0.05) is 41.2 Å². The molecule has 0 saturated heterocycles. The van der Waals surface area contributed by atoms with Gasteiger partial charge in [-0.2, -0.15) is 5.10 Å². The first-order valence-electron chi connectivity index (χ1n) is 7.15. The molecular weight excluding hydrogens is 373 g/mol. The molecule has 0 fully saturated rings. The normalized spacial score (nSPS) is 11.3. The summed E-state index contributed by atoms with van der Waals surface area (Å²) in [4.78, 5) is 12.2. The molecule has 2 heterocycles. The number of hydrazone groups is 1. The molecule has 0 amide bonds. The highest BCUT2D eigenvalue weighted by Crippen LogP contribution is 2.18. The fourth-order valence-corrected chi connectivity index (χ4v) is 2.56. The molecule has 24 heavy (non-hydrogen) atoms. The van der Waals surface area contributed by atoms with E-state index in [1.54, 1.807) is 43.1 Å². The Labute approximate surface area is 146 Å². The Hall–Kier alpha value is -2.67. The van der Waals surface area contributed by atoms with Crippen molar-refractivity contribution >= 4 is 27.5 Å². The molecule has 0 aliphatic carbocycles. The van der Waals surface area contributed by atoms with E-state index in [9.17, 15) is 4.39 Å². The molecule has 1 aromatic carbocycles. The fourth-order valence-electron chi connectivity index (χ4n) is 2.08. The third kappa shape index (κ3) is 4.20. The summed E-state index contributed by atoms with van der Waals surface area (Å²) in [6.07, 6.45) is 8.69. The number of halogens is 2. The summed E-state index contributed by atoms with van der Waals surface area (Å²) in [5.74, 6) is 0.277. The second-order valence-corrected chi connectivity index (χ2v) is 5.77. The summed E-state index contributed by atoms with van der Waals surface area (Å²) < 4.78 is 13.9. The zero-order valence-corrected chi connectivity index (χ0v) is 14.1. The van der Waals surface area contributed by atoms with Crippen LogP contribution in [0.3, 0.4) is 0 Å². The second-order valence-electron chi connectivity index (χ2n) is 4.92. The Morgan fingerprint density at radius 1 is 1.04 bits per heavy atom. The van der Waals surface area contributed by atoms with Crippen molar-refractivity contribution in [3.63, 3.8) is 0 Å². The molecular formula is C17H13BrFN5. The zero-order chi connectivity index (χ0) is 16.8. The Morgan fingerprint density at radius 3 is 2.54 bits per heavy atom. The lowest BCUT2D eigenvalue weighted by Crippen LogP contribution is -2.10. The summed E-state index contributed by atoms with van der Waals surface area (Å²) in [7, 11) is 0. The first kappa shape index (κ1) is 16.2. The maximum Gasteiger partial charge on any atom is 0.164 e.